The van der Waals surface area contributed by atoms with Crippen LogP contribution in [0.15, 0.2) is 71.7 Å². The molecule has 0 fully saturated rings. The van der Waals surface area contributed by atoms with Crippen molar-refractivity contribution in [2.24, 2.45) is 4.99 Å². The summed E-state index contributed by atoms with van der Waals surface area (Å²) < 4.78 is 19.8. The van der Waals surface area contributed by atoms with Crippen LogP contribution in [0.2, 0.25) is 0 Å². The first-order chi connectivity index (χ1) is 16.4. The number of rotatable bonds is 7. The van der Waals surface area contributed by atoms with Gasteiger partial charge in [-0.1, -0.05) is 42.5 Å². The first kappa shape index (κ1) is 23.3. The zero-order valence-electron chi connectivity index (χ0n) is 19.3. The van der Waals surface area contributed by atoms with E-state index < -0.39 is 11.9 Å². The molecule has 1 aliphatic rings. The molecular weight excluding hydrogens is 433 g/mol. The Hall–Kier alpha value is -3.84. The number of hydrogen-bond donors (Lipinski definition) is 1. The third-order valence-electron chi connectivity index (χ3n) is 5.51. The number of carbonyl (C=O) groups is 2. The molecule has 0 radical (unpaired) electrons. The second-order valence-corrected chi connectivity index (χ2v) is 8.32. The summed E-state index contributed by atoms with van der Waals surface area (Å²) >= 11 is 0. The number of halogens is 1. The molecule has 1 N–H and O–H groups in total. The number of aliphatic imine (C=N–C) groups is 1. The van der Waals surface area contributed by atoms with Crippen molar-refractivity contribution in [2.45, 2.75) is 19.4 Å². The van der Waals surface area contributed by atoms with Crippen molar-refractivity contribution in [1.29, 1.82) is 0 Å². The SMILES string of the molecule is CCOC(=O)c1ccc2c(c1)NC(=O)C2C(=Nc1ccc(CN(C)C)c(F)c1)c1ccccc1. The standard InChI is InChI=1S/C27H26FN3O3/c1-4-34-27(33)18-11-13-21-23(14-18)30-26(32)24(21)25(17-8-6-5-7-9-17)29-20-12-10-19(16-31(2)3)22(28)15-20/h5-15,24H,4,16H2,1-3H3,(H,30,32). The third kappa shape index (κ3) is 4.89. The van der Waals surface area contributed by atoms with Gasteiger partial charge in [0.15, 0.2) is 0 Å². The van der Waals surface area contributed by atoms with Gasteiger partial charge in [0.1, 0.15) is 11.7 Å². The number of hydrogen-bond acceptors (Lipinski definition) is 5. The summed E-state index contributed by atoms with van der Waals surface area (Å²) in [5, 5.41) is 2.86. The second kappa shape index (κ2) is 9.97. The molecule has 1 amide bonds. The smallest absolute Gasteiger partial charge is 0.338 e. The number of carbonyl (C=O) groups excluding carboxylic acids is 2. The van der Waals surface area contributed by atoms with Gasteiger partial charge in [-0.25, -0.2) is 9.18 Å². The van der Waals surface area contributed by atoms with Gasteiger partial charge in [0, 0.05) is 17.8 Å². The van der Waals surface area contributed by atoms with Gasteiger partial charge in [0.25, 0.3) is 0 Å². The predicted octanol–water partition coefficient (Wildman–Crippen LogP) is 4.92. The average Bonchev–Trinajstić information content (AvgIpc) is 3.14. The molecule has 7 heteroatoms. The number of benzene rings is 3. The molecule has 1 heterocycles. The molecule has 3 aromatic rings. The summed E-state index contributed by atoms with van der Waals surface area (Å²) in [7, 11) is 3.76. The maximum absolute atomic E-state index is 14.7. The van der Waals surface area contributed by atoms with Gasteiger partial charge < -0.3 is 15.0 Å². The summed E-state index contributed by atoms with van der Waals surface area (Å²) in [6.45, 7) is 2.48. The molecule has 0 spiro atoms. The van der Waals surface area contributed by atoms with Crippen LogP contribution in [0.1, 0.15) is 39.9 Å². The van der Waals surface area contributed by atoms with E-state index in [0.717, 1.165) is 5.56 Å². The summed E-state index contributed by atoms with van der Waals surface area (Å²) in [5.74, 6) is -1.77. The van der Waals surface area contributed by atoms with Gasteiger partial charge in [-0.15, -0.1) is 0 Å². The molecule has 3 aromatic carbocycles. The van der Waals surface area contributed by atoms with E-state index in [-0.39, 0.29) is 18.3 Å². The van der Waals surface area contributed by atoms with Gasteiger partial charge in [-0.3, -0.25) is 9.79 Å². The van der Waals surface area contributed by atoms with E-state index in [2.05, 4.69) is 5.32 Å². The van der Waals surface area contributed by atoms with E-state index in [1.807, 2.05) is 49.3 Å². The van der Waals surface area contributed by atoms with Crippen molar-refractivity contribution in [2.75, 3.05) is 26.0 Å². The highest BCUT2D eigenvalue weighted by molar-refractivity contribution is 6.24. The molecule has 1 unspecified atom stereocenters. The van der Waals surface area contributed by atoms with Crippen LogP contribution < -0.4 is 5.32 Å². The van der Waals surface area contributed by atoms with E-state index in [4.69, 9.17) is 9.73 Å². The Kier molecular flexibility index (Phi) is 6.84. The largest absolute Gasteiger partial charge is 0.462 e. The van der Waals surface area contributed by atoms with Crippen LogP contribution in [0.3, 0.4) is 0 Å². The molecule has 1 aliphatic heterocycles. The number of esters is 1. The van der Waals surface area contributed by atoms with Gasteiger partial charge in [-0.05, 0) is 56.4 Å². The molecule has 1 atom stereocenters. The van der Waals surface area contributed by atoms with Gasteiger partial charge in [-0.2, -0.15) is 0 Å². The first-order valence-corrected chi connectivity index (χ1v) is 11.1. The van der Waals surface area contributed by atoms with E-state index >= 15 is 0 Å². The first-order valence-electron chi connectivity index (χ1n) is 11.1. The monoisotopic (exact) mass is 459 g/mol. The maximum Gasteiger partial charge on any atom is 0.338 e. The Morgan fingerprint density at radius 2 is 1.82 bits per heavy atom. The lowest BCUT2D eigenvalue weighted by molar-refractivity contribution is -0.115. The van der Waals surface area contributed by atoms with Crippen LogP contribution in [-0.4, -0.2) is 43.2 Å². The maximum atomic E-state index is 14.7. The Labute approximate surface area is 198 Å². The van der Waals surface area contributed by atoms with Gasteiger partial charge in [0.05, 0.1) is 23.6 Å². The van der Waals surface area contributed by atoms with Crippen molar-refractivity contribution in [1.82, 2.24) is 4.90 Å². The normalized spacial score (nSPS) is 15.3. The zero-order valence-corrected chi connectivity index (χ0v) is 19.3. The molecular formula is C27H26FN3O3. The molecule has 0 aliphatic carbocycles. The third-order valence-corrected chi connectivity index (χ3v) is 5.51. The number of nitrogens with one attached hydrogen (secondary N) is 1. The number of anilines is 1. The van der Waals surface area contributed by atoms with E-state index in [1.54, 1.807) is 37.3 Å². The van der Waals surface area contributed by atoms with Crippen LogP contribution in [0, 0.1) is 5.82 Å². The number of amides is 1. The lowest BCUT2D eigenvalue weighted by Crippen LogP contribution is -2.22. The molecule has 0 bridgehead atoms. The van der Waals surface area contributed by atoms with Crippen LogP contribution in [-0.2, 0) is 16.1 Å². The second-order valence-electron chi connectivity index (χ2n) is 8.32. The van der Waals surface area contributed by atoms with E-state index in [0.29, 0.717) is 40.3 Å². The Morgan fingerprint density at radius 3 is 2.50 bits per heavy atom. The topological polar surface area (TPSA) is 71.0 Å². The number of nitrogens with zero attached hydrogens (tertiary/aromatic N) is 2. The highest BCUT2D eigenvalue weighted by Gasteiger charge is 2.36. The fraction of sp³-hybridized carbons (Fsp3) is 0.222. The van der Waals surface area contributed by atoms with Crippen molar-refractivity contribution in [3.05, 3.63) is 94.8 Å². The van der Waals surface area contributed by atoms with Crippen molar-refractivity contribution in [3.63, 3.8) is 0 Å². The summed E-state index contributed by atoms with van der Waals surface area (Å²) in [6.07, 6.45) is 0. The number of fused-ring (bicyclic) bond motifs is 1. The minimum atomic E-state index is -0.710. The summed E-state index contributed by atoms with van der Waals surface area (Å²) in [4.78, 5) is 31.9. The quantitative estimate of drug-likeness (QED) is 0.402. The fourth-order valence-corrected chi connectivity index (χ4v) is 3.99. The van der Waals surface area contributed by atoms with E-state index in [9.17, 15) is 14.0 Å². The van der Waals surface area contributed by atoms with Crippen molar-refractivity contribution >= 4 is 29.0 Å². The van der Waals surface area contributed by atoms with E-state index in [1.165, 1.54) is 6.07 Å². The minimum Gasteiger partial charge on any atom is -0.462 e. The average molecular weight is 460 g/mol. The van der Waals surface area contributed by atoms with Crippen LogP contribution in [0.5, 0.6) is 0 Å². The lowest BCUT2D eigenvalue weighted by atomic mass is 9.90. The van der Waals surface area contributed by atoms with Crippen molar-refractivity contribution in [3.8, 4) is 0 Å². The van der Waals surface area contributed by atoms with Gasteiger partial charge >= 0.3 is 5.97 Å². The summed E-state index contributed by atoms with van der Waals surface area (Å²) in [5.41, 5.74) is 3.84. The highest BCUT2D eigenvalue weighted by atomic mass is 19.1. The fourth-order valence-electron chi connectivity index (χ4n) is 3.99. The Morgan fingerprint density at radius 1 is 1.06 bits per heavy atom. The Bertz CT molecular complexity index is 1260. The zero-order chi connectivity index (χ0) is 24.2. The molecule has 0 saturated carbocycles. The Balaban J connectivity index is 1.77. The van der Waals surface area contributed by atoms with Crippen molar-refractivity contribution < 1.29 is 18.7 Å². The number of ether oxygens (including phenoxy) is 1. The molecule has 0 aromatic heterocycles. The van der Waals surface area contributed by atoms with Crippen LogP contribution in [0.4, 0.5) is 15.8 Å². The molecule has 4 rings (SSSR count). The molecule has 34 heavy (non-hydrogen) atoms. The minimum absolute atomic E-state index is 0.261. The molecule has 174 valence electrons. The van der Waals surface area contributed by atoms with Crippen LogP contribution >= 0.6 is 0 Å². The van der Waals surface area contributed by atoms with Gasteiger partial charge in [0.2, 0.25) is 5.91 Å². The summed E-state index contributed by atoms with van der Waals surface area (Å²) in [6, 6.07) is 19.2. The molecule has 0 saturated heterocycles. The molecule has 6 nitrogen and oxygen atoms in total. The van der Waals surface area contributed by atoms with Crippen LogP contribution in [0.25, 0.3) is 0 Å². The lowest BCUT2D eigenvalue weighted by Gasteiger charge is -2.15. The predicted molar refractivity (Wildman–Crippen MR) is 130 cm³/mol. The highest BCUT2D eigenvalue weighted by Crippen LogP contribution is 2.37.